The van der Waals surface area contributed by atoms with E-state index in [0.717, 1.165) is 12.8 Å². The van der Waals surface area contributed by atoms with Gasteiger partial charge in [-0.05, 0) is 49.2 Å². The maximum atomic E-state index is 12.6. The molecule has 2 amide bonds. The van der Waals surface area contributed by atoms with Gasteiger partial charge in [-0.25, -0.2) is 13.1 Å². The second-order valence-corrected chi connectivity index (χ2v) is 8.40. The topological polar surface area (TPSA) is 114 Å². The largest absolute Gasteiger partial charge is 0.377 e. The molecule has 2 aromatic rings. The Kier molecular flexibility index (Phi) is 6.63. The molecule has 1 heterocycles. The number of anilines is 1. The smallest absolute Gasteiger partial charge is 0.255 e. The second kappa shape index (κ2) is 9.17. The number of sulfonamides is 1. The maximum Gasteiger partial charge on any atom is 0.255 e. The summed E-state index contributed by atoms with van der Waals surface area (Å²) in [6.07, 6.45) is 1.62. The van der Waals surface area contributed by atoms with Crippen LogP contribution in [0.4, 0.5) is 5.69 Å². The predicted molar refractivity (Wildman–Crippen MR) is 108 cm³/mol. The lowest BCUT2D eigenvalue weighted by Crippen LogP contribution is -2.32. The first-order chi connectivity index (χ1) is 13.9. The fourth-order valence-electron chi connectivity index (χ4n) is 2.98. The van der Waals surface area contributed by atoms with Gasteiger partial charge >= 0.3 is 0 Å². The molecule has 3 N–H and O–H groups in total. The Morgan fingerprint density at radius 1 is 1.07 bits per heavy atom. The summed E-state index contributed by atoms with van der Waals surface area (Å²) in [7, 11) is -2.24. The number of amides is 2. The third-order valence-corrected chi connectivity index (χ3v) is 5.96. The summed E-state index contributed by atoms with van der Waals surface area (Å²) >= 11 is 0. The summed E-state index contributed by atoms with van der Waals surface area (Å²) in [5.41, 5.74) is 1.02. The van der Waals surface area contributed by atoms with Crippen molar-refractivity contribution in [2.45, 2.75) is 23.8 Å². The van der Waals surface area contributed by atoms with Gasteiger partial charge in [-0.2, -0.15) is 0 Å². The van der Waals surface area contributed by atoms with Gasteiger partial charge in [0.25, 0.3) is 11.8 Å². The molecule has 0 radical (unpaired) electrons. The number of carbonyl (C=O) groups is 2. The number of nitrogens with one attached hydrogen (secondary N) is 3. The van der Waals surface area contributed by atoms with E-state index in [0.29, 0.717) is 17.9 Å². The van der Waals surface area contributed by atoms with Gasteiger partial charge in [0.05, 0.1) is 11.0 Å². The van der Waals surface area contributed by atoms with E-state index >= 15 is 0 Å². The molecule has 29 heavy (non-hydrogen) atoms. The van der Waals surface area contributed by atoms with Crippen LogP contribution in [0, 0.1) is 0 Å². The van der Waals surface area contributed by atoms with Crippen molar-refractivity contribution in [2.24, 2.45) is 0 Å². The van der Waals surface area contributed by atoms with Gasteiger partial charge in [-0.15, -0.1) is 0 Å². The first kappa shape index (κ1) is 21.0. The lowest BCUT2D eigenvalue weighted by molar-refractivity contribution is 0.0961. The van der Waals surface area contributed by atoms with Crippen molar-refractivity contribution in [3.05, 3.63) is 59.7 Å². The number of ether oxygens (including phenoxy) is 1. The van der Waals surface area contributed by atoms with Crippen LogP contribution in [0.3, 0.4) is 0 Å². The lowest BCUT2D eigenvalue weighted by Gasteiger charge is -2.12. The van der Waals surface area contributed by atoms with Crippen molar-refractivity contribution < 1.29 is 22.7 Å². The molecule has 1 atom stereocenters. The van der Waals surface area contributed by atoms with Gasteiger partial charge in [0.2, 0.25) is 10.0 Å². The SMILES string of the molecule is CNC(=O)c1cccc(NC(=O)c2cccc(S(=O)(=O)NCC3CCCO3)c2)c1. The molecule has 0 aliphatic carbocycles. The number of rotatable bonds is 7. The van der Waals surface area contributed by atoms with Crippen molar-refractivity contribution >= 4 is 27.5 Å². The predicted octanol–water partition coefficient (Wildman–Crippen LogP) is 1.76. The second-order valence-electron chi connectivity index (χ2n) is 6.63. The molecular formula is C20H23N3O5S. The van der Waals surface area contributed by atoms with Crippen LogP contribution in [-0.2, 0) is 14.8 Å². The molecule has 2 aromatic carbocycles. The van der Waals surface area contributed by atoms with Crippen molar-refractivity contribution in [3.8, 4) is 0 Å². The van der Waals surface area contributed by atoms with Crippen LogP contribution in [0.25, 0.3) is 0 Å². The standard InChI is InChI=1S/C20H23N3O5S/c1-21-19(24)14-5-2-7-16(11-14)23-20(25)15-6-3-9-18(12-15)29(26,27)22-13-17-8-4-10-28-17/h2-3,5-7,9,11-12,17,22H,4,8,10,13H2,1H3,(H,21,24)(H,23,25). The fraction of sp³-hybridized carbons (Fsp3) is 0.300. The van der Waals surface area contributed by atoms with Gasteiger partial charge < -0.3 is 15.4 Å². The Bertz CT molecular complexity index is 1000. The highest BCUT2D eigenvalue weighted by atomic mass is 32.2. The number of benzene rings is 2. The van der Waals surface area contributed by atoms with E-state index in [1.165, 1.54) is 31.3 Å². The monoisotopic (exact) mass is 417 g/mol. The van der Waals surface area contributed by atoms with E-state index in [4.69, 9.17) is 4.74 Å². The average Bonchev–Trinajstić information content (AvgIpc) is 3.26. The average molecular weight is 417 g/mol. The van der Waals surface area contributed by atoms with Crippen molar-refractivity contribution in [1.29, 1.82) is 0 Å². The van der Waals surface area contributed by atoms with Crippen LogP contribution < -0.4 is 15.4 Å². The van der Waals surface area contributed by atoms with Crippen LogP contribution in [0.5, 0.6) is 0 Å². The summed E-state index contributed by atoms with van der Waals surface area (Å²) in [5.74, 6) is -0.748. The first-order valence-electron chi connectivity index (χ1n) is 9.24. The van der Waals surface area contributed by atoms with Crippen LogP contribution in [0.2, 0.25) is 0 Å². The third-order valence-electron chi connectivity index (χ3n) is 4.54. The van der Waals surface area contributed by atoms with E-state index in [9.17, 15) is 18.0 Å². The molecular weight excluding hydrogens is 394 g/mol. The molecule has 3 rings (SSSR count). The molecule has 1 unspecified atom stereocenters. The molecule has 9 heteroatoms. The summed E-state index contributed by atoms with van der Waals surface area (Å²) in [6.45, 7) is 0.841. The molecule has 8 nitrogen and oxygen atoms in total. The molecule has 0 bridgehead atoms. The number of carbonyl (C=O) groups excluding carboxylic acids is 2. The number of hydrogen-bond acceptors (Lipinski definition) is 5. The Morgan fingerprint density at radius 2 is 1.79 bits per heavy atom. The lowest BCUT2D eigenvalue weighted by atomic mass is 10.1. The van der Waals surface area contributed by atoms with E-state index in [1.807, 2.05) is 0 Å². The summed E-state index contributed by atoms with van der Waals surface area (Å²) in [4.78, 5) is 24.3. The highest BCUT2D eigenvalue weighted by Gasteiger charge is 2.21. The minimum absolute atomic E-state index is 0.00209. The Labute approximate surface area is 169 Å². The zero-order valence-electron chi connectivity index (χ0n) is 16.0. The zero-order chi connectivity index (χ0) is 20.9. The summed E-state index contributed by atoms with van der Waals surface area (Å²) < 4.78 is 33.0. The molecule has 0 saturated carbocycles. The minimum atomic E-state index is -3.76. The van der Waals surface area contributed by atoms with Gasteiger partial charge in [0, 0.05) is 37.0 Å². The van der Waals surface area contributed by atoms with E-state index in [-0.39, 0.29) is 29.0 Å². The quantitative estimate of drug-likeness (QED) is 0.635. The van der Waals surface area contributed by atoms with Crippen LogP contribution >= 0.6 is 0 Å². The van der Waals surface area contributed by atoms with Crippen molar-refractivity contribution in [1.82, 2.24) is 10.0 Å². The number of hydrogen-bond donors (Lipinski definition) is 3. The summed E-state index contributed by atoms with van der Waals surface area (Å²) in [6, 6.07) is 12.2. The van der Waals surface area contributed by atoms with E-state index in [1.54, 1.807) is 24.3 Å². The molecule has 1 aliphatic rings. The Balaban J connectivity index is 1.71. The fourth-order valence-corrected chi connectivity index (χ4v) is 4.09. The first-order valence-corrected chi connectivity index (χ1v) is 10.7. The van der Waals surface area contributed by atoms with E-state index < -0.39 is 15.9 Å². The highest BCUT2D eigenvalue weighted by Crippen LogP contribution is 2.16. The zero-order valence-corrected chi connectivity index (χ0v) is 16.8. The minimum Gasteiger partial charge on any atom is -0.377 e. The summed E-state index contributed by atoms with van der Waals surface area (Å²) in [5, 5.41) is 5.19. The molecule has 1 aliphatic heterocycles. The van der Waals surface area contributed by atoms with Crippen LogP contribution in [-0.4, -0.2) is 46.5 Å². The third kappa shape index (κ3) is 5.41. The molecule has 0 spiro atoms. The van der Waals surface area contributed by atoms with Crippen molar-refractivity contribution in [2.75, 3.05) is 25.5 Å². The molecule has 154 valence electrons. The van der Waals surface area contributed by atoms with Crippen LogP contribution in [0.15, 0.2) is 53.4 Å². The van der Waals surface area contributed by atoms with Gasteiger partial charge in [-0.1, -0.05) is 12.1 Å². The van der Waals surface area contributed by atoms with Gasteiger partial charge in [-0.3, -0.25) is 9.59 Å². The molecule has 1 fully saturated rings. The molecule has 0 aromatic heterocycles. The Morgan fingerprint density at radius 3 is 2.48 bits per heavy atom. The Hall–Kier alpha value is -2.75. The molecule has 1 saturated heterocycles. The van der Waals surface area contributed by atoms with E-state index in [2.05, 4.69) is 15.4 Å². The highest BCUT2D eigenvalue weighted by molar-refractivity contribution is 7.89. The maximum absolute atomic E-state index is 12.6. The normalized spacial score (nSPS) is 16.4. The van der Waals surface area contributed by atoms with Gasteiger partial charge in [0.1, 0.15) is 0 Å². The van der Waals surface area contributed by atoms with Crippen LogP contribution in [0.1, 0.15) is 33.6 Å². The van der Waals surface area contributed by atoms with Crippen molar-refractivity contribution in [3.63, 3.8) is 0 Å². The van der Waals surface area contributed by atoms with Gasteiger partial charge in [0.15, 0.2) is 0 Å².